The number of imide groups is 1. The van der Waals surface area contributed by atoms with Gasteiger partial charge in [0, 0.05) is 12.7 Å². The van der Waals surface area contributed by atoms with Crippen molar-refractivity contribution in [3.63, 3.8) is 0 Å². The maximum absolute atomic E-state index is 11.8. The molecule has 8 nitrogen and oxygen atoms in total. The number of thioether (sulfide) groups is 1. The minimum absolute atomic E-state index is 0.283. The number of esters is 1. The lowest BCUT2D eigenvalue weighted by Gasteiger charge is -2.22. The molecule has 0 bridgehead atoms. The van der Waals surface area contributed by atoms with E-state index in [2.05, 4.69) is 15.3 Å². The lowest BCUT2D eigenvalue weighted by molar-refractivity contribution is -0.142. The van der Waals surface area contributed by atoms with E-state index in [-0.39, 0.29) is 10.9 Å². The van der Waals surface area contributed by atoms with Crippen LogP contribution in [0.2, 0.25) is 0 Å². The Labute approximate surface area is 136 Å². The number of ether oxygens (including phenoxy) is 1. The Kier molecular flexibility index (Phi) is 4.28. The monoisotopic (exact) mass is 334 g/mol. The van der Waals surface area contributed by atoms with E-state index in [0.717, 1.165) is 18.2 Å². The lowest BCUT2D eigenvalue weighted by atomic mass is 10.2. The van der Waals surface area contributed by atoms with Crippen LogP contribution < -0.4 is 10.2 Å². The van der Waals surface area contributed by atoms with Crippen molar-refractivity contribution in [2.45, 2.75) is 18.9 Å². The van der Waals surface area contributed by atoms with Crippen molar-refractivity contribution in [2.75, 3.05) is 18.6 Å². The molecule has 0 saturated carbocycles. The van der Waals surface area contributed by atoms with Crippen LogP contribution in [0.25, 0.3) is 6.08 Å². The van der Waals surface area contributed by atoms with Gasteiger partial charge < -0.3 is 9.64 Å². The summed E-state index contributed by atoms with van der Waals surface area (Å²) < 4.78 is 4.81. The van der Waals surface area contributed by atoms with E-state index in [1.807, 2.05) is 0 Å². The molecule has 1 aromatic heterocycles. The number of hydrogen-bond acceptors (Lipinski definition) is 8. The first-order chi connectivity index (χ1) is 11.1. The standard InChI is InChI=1S/C14H14N4O4S/c1-22-12(20)9-3-2-6-18(9)13-15-5-4-8(16-13)7-10-11(19)17-14(21)23-10/h4-5,7,9H,2-3,6H2,1H3,(H,17,19,21)/b10-7-. The van der Waals surface area contributed by atoms with Crippen LogP contribution in [-0.2, 0) is 14.3 Å². The molecule has 0 spiro atoms. The number of carbonyl (C=O) groups is 3. The van der Waals surface area contributed by atoms with Crippen LogP contribution in [0.4, 0.5) is 10.7 Å². The van der Waals surface area contributed by atoms with Crippen LogP contribution in [0.5, 0.6) is 0 Å². The van der Waals surface area contributed by atoms with Crippen molar-refractivity contribution in [2.24, 2.45) is 0 Å². The number of aromatic nitrogens is 2. The molecule has 3 rings (SSSR count). The molecule has 0 radical (unpaired) electrons. The molecule has 2 aliphatic rings. The van der Waals surface area contributed by atoms with Gasteiger partial charge in [-0.3, -0.25) is 14.9 Å². The fraction of sp³-hybridized carbons (Fsp3) is 0.357. The molecular weight excluding hydrogens is 320 g/mol. The quantitative estimate of drug-likeness (QED) is 0.644. The summed E-state index contributed by atoms with van der Waals surface area (Å²) in [6, 6.07) is 1.24. The second kappa shape index (κ2) is 6.37. The predicted molar refractivity (Wildman–Crippen MR) is 83.5 cm³/mol. The third kappa shape index (κ3) is 3.19. The first-order valence-electron chi connectivity index (χ1n) is 7.01. The van der Waals surface area contributed by atoms with E-state index >= 15 is 0 Å². The molecule has 2 saturated heterocycles. The zero-order chi connectivity index (χ0) is 16.4. The van der Waals surface area contributed by atoms with Crippen LogP contribution in [0.1, 0.15) is 18.5 Å². The number of anilines is 1. The molecule has 2 fully saturated rings. The van der Waals surface area contributed by atoms with E-state index in [1.54, 1.807) is 17.2 Å². The van der Waals surface area contributed by atoms with E-state index < -0.39 is 17.2 Å². The molecule has 1 N–H and O–H groups in total. The summed E-state index contributed by atoms with van der Waals surface area (Å²) in [5.41, 5.74) is 0.498. The largest absolute Gasteiger partial charge is 0.467 e. The van der Waals surface area contributed by atoms with Crippen LogP contribution in [0.3, 0.4) is 0 Å². The van der Waals surface area contributed by atoms with Crippen LogP contribution in [0, 0.1) is 0 Å². The second-order valence-electron chi connectivity index (χ2n) is 5.01. The highest BCUT2D eigenvalue weighted by atomic mass is 32.2. The van der Waals surface area contributed by atoms with Gasteiger partial charge >= 0.3 is 5.97 Å². The summed E-state index contributed by atoms with van der Waals surface area (Å²) in [5.74, 6) is -0.345. The molecule has 1 unspecified atom stereocenters. The summed E-state index contributed by atoms with van der Waals surface area (Å²) in [4.78, 5) is 45.2. The van der Waals surface area contributed by atoms with Gasteiger partial charge in [0.2, 0.25) is 5.95 Å². The van der Waals surface area contributed by atoms with Crippen LogP contribution in [-0.4, -0.2) is 46.8 Å². The zero-order valence-electron chi connectivity index (χ0n) is 12.3. The average Bonchev–Trinajstić information content (AvgIpc) is 3.14. The fourth-order valence-corrected chi connectivity index (χ4v) is 3.19. The normalized spacial score (nSPS) is 22.6. The minimum atomic E-state index is -0.436. The Morgan fingerprint density at radius 3 is 3.04 bits per heavy atom. The summed E-state index contributed by atoms with van der Waals surface area (Å²) in [7, 11) is 1.35. The van der Waals surface area contributed by atoms with Gasteiger partial charge in [-0.2, -0.15) is 0 Å². The Bertz CT molecular complexity index is 706. The third-order valence-electron chi connectivity index (χ3n) is 3.57. The fourth-order valence-electron chi connectivity index (χ4n) is 2.52. The number of nitrogens with zero attached hydrogens (tertiary/aromatic N) is 3. The van der Waals surface area contributed by atoms with E-state index in [4.69, 9.17) is 4.74 Å². The Balaban J connectivity index is 1.85. The molecule has 2 amide bonds. The first-order valence-corrected chi connectivity index (χ1v) is 7.82. The van der Waals surface area contributed by atoms with Gasteiger partial charge in [0.25, 0.3) is 11.1 Å². The van der Waals surface area contributed by atoms with Gasteiger partial charge in [-0.15, -0.1) is 0 Å². The third-order valence-corrected chi connectivity index (χ3v) is 4.38. The van der Waals surface area contributed by atoms with E-state index in [1.165, 1.54) is 13.2 Å². The van der Waals surface area contributed by atoms with Crippen molar-refractivity contribution in [3.05, 3.63) is 22.9 Å². The van der Waals surface area contributed by atoms with Crippen molar-refractivity contribution < 1.29 is 19.1 Å². The van der Waals surface area contributed by atoms with Crippen molar-refractivity contribution in [1.82, 2.24) is 15.3 Å². The highest BCUT2D eigenvalue weighted by Gasteiger charge is 2.33. The summed E-state index contributed by atoms with van der Waals surface area (Å²) in [5, 5.41) is 1.79. The van der Waals surface area contributed by atoms with Gasteiger partial charge in [0.15, 0.2) is 0 Å². The van der Waals surface area contributed by atoms with Gasteiger partial charge in [0.1, 0.15) is 6.04 Å². The number of hydrogen-bond donors (Lipinski definition) is 1. The van der Waals surface area contributed by atoms with Crippen LogP contribution in [0.15, 0.2) is 17.2 Å². The SMILES string of the molecule is COC(=O)C1CCCN1c1nccc(/C=C2\SC(=O)NC2=O)n1. The molecule has 9 heteroatoms. The minimum Gasteiger partial charge on any atom is -0.467 e. The Morgan fingerprint density at radius 1 is 1.52 bits per heavy atom. The molecule has 0 aliphatic carbocycles. The zero-order valence-corrected chi connectivity index (χ0v) is 13.1. The van der Waals surface area contributed by atoms with E-state index in [9.17, 15) is 14.4 Å². The van der Waals surface area contributed by atoms with Crippen molar-refractivity contribution in [3.8, 4) is 0 Å². The summed E-state index contributed by atoms with van der Waals surface area (Å²) in [6.45, 7) is 0.660. The van der Waals surface area contributed by atoms with E-state index in [0.29, 0.717) is 24.6 Å². The maximum atomic E-state index is 11.8. The second-order valence-corrected chi connectivity index (χ2v) is 6.02. The Morgan fingerprint density at radius 2 is 2.35 bits per heavy atom. The molecule has 2 aliphatic heterocycles. The van der Waals surface area contributed by atoms with Gasteiger partial charge in [0.05, 0.1) is 17.7 Å². The van der Waals surface area contributed by atoms with Crippen LogP contribution >= 0.6 is 11.8 Å². The van der Waals surface area contributed by atoms with Gasteiger partial charge in [-0.1, -0.05) is 0 Å². The molecule has 1 aromatic rings. The number of amides is 2. The number of carbonyl (C=O) groups excluding carboxylic acids is 3. The maximum Gasteiger partial charge on any atom is 0.328 e. The molecule has 3 heterocycles. The van der Waals surface area contributed by atoms with Crippen molar-refractivity contribution in [1.29, 1.82) is 0 Å². The molecule has 120 valence electrons. The predicted octanol–water partition coefficient (Wildman–Crippen LogP) is 0.942. The first kappa shape index (κ1) is 15.5. The Hall–Kier alpha value is -2.42. The highest BCUT2D eigenvalue weighted by molar-refractivity contribution is 8.18. The van der Waals surface area contributed by atoms with Crippen molar-refractivity contribution >= 4 is 40.9 Å². The van der Waals surface area contributed by atoms with Gasteiger partial charge in [-0.25, -0.2) is 14.8 Å². The number of nitrogens with one attached hydrogen (secondary N) is 1. The molecule has 0 aromatic carbocycles. The smallest absolute Gasteiger partial charge is 0.328 e. The number of rotatable bonds is 3. The summed E-state index contributed by atoms with van der Waals surface area (Å²) in [6.07, 6.45) is 4.62. The topological polar surface area (TPSA) is 101 Å². The highest BCUT2D eigenvalue weighted by Crippen LogP contribution is 2.26. The van der Waals surface area contributed by atoms with Gasteiger partial charge in [-0.05, 0) is 36.7 Å². The lowest BCUT2D eigenvalue weighted by Crippen LogP contribution is -2.38. The molecule has 23 heavy (non-hydrogen) atoms. The summed E-state index contributed by atoms with van der Waals surface area (Å²) >= 11 is 0.829. The molecular formula is C14H14N4O4S. The molecule has 1 atom stereocenters. The average molecular weight is 334 g/mol. The number of methoxy groups -OCH3 is 1.